The fourth-order valence-electron chi connectivity index (χ4n) is 1.71. The first-order valence-corrected chi connectivity index (χ1v) is 7.62. The minimum absolute atomic E-state index is 0.256. The lowest BCUT2D eigenvalue weighted by molar-refractivity contribution is 0.102. The van der Waals surface area contributed by atoms with E-state index >= 15 is 0 Å². The van der Waals surface area contributed by atoms with Crippen molar-refractivity contribution in [2.45, 2.75) is 19.8 Å². The molecule has 2 aromatic rings. The highest BCUT2D eigenvalue weighted by Crippen LogP contribution is 2.16. The first-order chi connectivity index (χ1) is 10.2. The molecule has 0 aliphatic carbocycles. The number of rotatable bonds is 6. The Kier molecular flexibility index (Phi) is 5.68. The number of nitrogens with zero attached hydrogens (tertiary/aromatic N) is 2. The predicted octanol–water partition coefficient (Wildman–Crippen LogP) is 3.70. The average Bonchev–Trinajstić information content (AvgIpc) is 2.48. The Morgan fingerprint density at radius 1 is 1.33 bits per heavy atom. The van der Waals surface area contributed by atoms with Gasteiger partial charge in [0.2, 0.25) is 5.95 Å². The largest absolute Gasteiger partial charge is 0.354 e. The summed E-state index contributed by atoms with van der Waals surface area (Å²) in [4.78, 5) is 20.5. The molecule has 21 heavy (non-hydrogen) atoms. The first-order valence-electron chi connectivity index (χ1n) is 6.83. The maximum atomic E-state index is 12.2. The van der Waals surface area contributed by atoms with Crippen molar-refractivity contribution in [3.05, 3.63) is 46.7 Å². The molecule has 5 nitrogen and oxygen atoms in total. The molecular weight excluding hydrogens is 332 g/mol. The summed E-state index contributed by atoms with van der Waals surface area (Å²) < 4.78 is 0.907. The molecule has 0 aliphatic heterocycles. The van der Waals surface area contributed by atoms with E-state index in [1.165, 1.54) is 0 Å². The van der Waals surface area contributed by atoms with Crippen molar-refractivity contribution >= 4 is 33.5 Å². The van der Waals surface area contributed by atoms with E-state index in [0.29, 0.717) is 17.3 Å². The van der Waals surface area contributed by atoms with Crippen LogP contribution in [0, 0.1) is 0 Å². The molecule has 0 bridgehead atoms. The van der Waals surface area contributed by atoms with Gasteiger partial charge in [-0.1, -0.05) is 35.3 Å². The summed E-state index contributed by atoms with van der Waals surface area (Å²) in [6.07, 6.45) is 3.71. The van der Waals surface area contributed by atoms with E-state index in [4.69, 9.17) is 0 Å². The Morgan fingerprint density at radius 2 is 2.19 bits per heavy atom. The highest BCUT2D eigenvalue weighted by atomic mass is 79.9. The Hall–Kier alpha value is -1.95. The molecule has 1 aromatic carbocycles. The van der Waals surface area contributed by atoms with Crippen LogP contribution in [0.5, 0.6) is 0 Å². The van der Waals surface area contributed by atoms with Gasteiger partial charge in [0.15, 0.2) is 0 Å². The van der Waals surface area contributed by atoms with Gasteiger partial charge in [-0.15, -0.1) is 0 Å². The quantitative estimate of drug-likeness (QED) is 0.781. The minimum atomic E-state index is -0.256. The average molecular weight is 349 g/mol. The summed E-state index contributed by atoms with van der Waals surface area (Å²) in [7, 11) is 0. The summed E-state index contributed by atoms with van der Waals surface area (Å²) in [6, 6.07) is 9.01. The van der Waals surface area contributed by atoms with Crippen molar-refractivity contribution in [3.63, 3.8) is 0 Å². The van der Waals surface area contributed by atoms with Crippen LogP contribution in [0.1, 0.15) is 30.3 Å². The van der Waals surface area contributed by atoms with E-state index in [9.17, 15) is 4.79 Å². The van der Waals surface area contributed by atoms with Gasteiger partial charge in [0.05, 0.1) is 0 Å². The Morgan fingerprint density at radius 3 is 2.95 bits per heavy atom. The van der Waals surface area contributed by atoms with E-state index in [1.54, 1.807) is 12.3 Å². The summed E-state index contributed by atoms with van der Waals surface area (Å²) in [5, 5.41) is 5.91. The van der Waals surface area contributed by atoms with Crippen LogP contribution in [-0.4, -0.2) is 22.4 Å². The number of aromatic nitrogens is 2. The molecule has 0 aliphatic rings. The van der Waals surface area contributed by atoms with E-state index < -0.39 is 0 Å². The lowest BCUT2D eigenvalue weighted by Gasteiger charge is -2.07. The summed E-state index contributed by atoms with van der Waals surface area (Å²) in [6.45, 7) is 2.91. The van der Waals surface area contributed by atoms with Crippen LogP contribution >= 0.6 is 15.9 Å². The van der Waals surface area contributed by atoms with Crippen LogP contribution in [-0.2, 0) is 0 Å². The Labute approximate surface area is 132 Å². The van der Waals surface area contributed by atoms with Crippen molar-refractivity contribution in [1.29, 1.82) is 0 Å². The Bertz CT molecular complexity index is 618. The normalized spacial score (nSPS) is 10.2. The molecule has 110 valence electrons. The zero-order valence-corrected chi connectivity index (χ0v) is 13.4. The van der Waals surface area contributed by atoms with Crippen molar-refractivity contribution in [2.24, 2.45) is 0 Å². The van der Waals surface area contributed by atoms with Gasteiger partial charge < -0.3 is 10.6 Å². The van der Waals surface area contributed by atoms with E-state index in [1.807, 2.05) is 24.3 Å². The summed E-state index contributed by atoms with van der Waals surface area (Å²) in [5.74, 6) is 0.222. The Balaban J connectivity index is 2.03. The zero-order valence-electron chi connectivity index (χ0n) is 11.8. The van der Waals surface area contributed by atoms with Crippen LogP contribution in [0.4, 0.5) is 11.6 Å². The number of anilines is 2. The van der Waals surface area contributed by atoms with Gasteiger partial charge in [0, 0.05) is 22.9 Å². The van der Waals surface area contributed by atoms with Crippen molar-refractivity contribution in [2.75, 3.05) is 17.2 Å². The second-order valence-corrected chi connectivity index (χ2v) is 5.43. The molecule has 1 aromatic heterocycles. The number of amides is 1. The second kappa shape index (κ2) is 7.73. The second-order valence-electron chi connectivity index (χ2n) is 4.51. The molecule has 1 heterocycles. The van der Waals surface area contributed by atoms with Gasteiger partial charge in [0.1, 0.15) is 5.69 Å². The van der Waals surface area contributed by atoms with Crippen LogP contribution in [0.15, 0.2) is 41.0 Å². The number of halogens is 1. The number of hydrogen-bond donors (Lipinski definition) is 2. The molecule has 0 spiro atoms. The van der Waals surface area contributed by atoms with Crippen LogP contribution in [0.25, 0.3) is 0 Å². The molecule has 0 radical (unpaired) electrons. The molecule has 6 heteroatoms. The lowest BCUT2D eigenvalue weighted by atomic mass is 10.3. The number of unbranched alkanes of at least 4 members (excludes halogenated alkanes) is 1. The third-order valence-corrected chi connectivity index (χ3v) is 3.28. The topological polar surface area (TPSA) is 66.9 Å². The third kappa shape index (κ3) is 4.82. The highest BCUT2D eigenvalue weighted by molar-refractivity contribution is 9.10. The van der Waals surface area contributed by atoms with Gasteiger partial charge in [-0.3, -0.25) is 4.79 Å². The molecule has 0 unspecified atom stereocenters. The van der Waals surface area contributed by atoms with Gasteiger partial charge in [0.25, 0.3) is 5.91 Å². The van der Waals surface area contributed by atoms with Crippen molar-refractivity contribution < 1.29 is 4.79 Å². The number of carbonyl (C=O) groups excluding carboxylic acids is 1. The molecular formula is C15H17BrN4O. The number of carbonyl (C=O) groups is 1. The first kappa shape index (κ1) is 15.4. The van der Waals surface area contributed by atoms with Crippen LogP contribution in [0.2, 0.25) is 0 Å². The lowest BCUT2D eigenvalue weighted by Crippen LogP contribution is -2.15. The monoisotopic (exact) mass is 348 g/mol. The molecule has 2 rings (SSSR count). The number of nitrogens with one attached hydrogen (secondary N) is 2. The third-order valence-electron chi connectivity index (χ3n) is 2.78. The van der Waals surface area contributed by atoms with Gasteiger partial charge >= 0.3 is 0 Å². The minimum Gasteiger partial charge on any atom is -0.354 e. The standard InChI is InChI=1S/C15H17BrN4O/c1-2-3-8-17-15-18-9-7-13(20-15)14(21)19-12-6-4-5-11(16)10-12/h4-7,9-10H,2-3,8H2,1H3,(H,19,21)(H,17,18,20). The van der Waals surface area contributed by atoms with Gasteiger partial charge in [-0.2, -0.15) is 0 Å². The smallest absolute Gasteiger partial charge is 0.274 e. The molecule has 1 amide bonds. The maximum absolute atomic E-state index is 12.2. The SMILES string of the molecule is CCCCNc1nccc(C(=O)Nc2cccc(Br)c2)n1. The van der Waals surface area contributed by atoms with Gasteiger partial charge in [-0.25, -0.2) is 9.97 Å². The van der Waals surface area contributed by atoms with Crippen LogP contribution in [0.3, 0.4) is 0 Å². The summed E-state index contributed by atoms with van der Waals surface area (Å²) >= 11 is 3.37. The van der Waals surface area contributed by atoms with Gasteiger partial charge in [-0.05, 0) is 30.7 Å². The number of benzene rings is 1. The fraction of sp³-hybridized carbons (Fsp3) is 0.267. The fourth-order valence-corrected chi connectivity index (χ4v) is 2.11. The van der Waals surface area contributed by atoms with E-state index in [-0.39, 0.29) is 5.91 Å². The maximum Gasteiger partial charge on any atom is 0.274 e. The van der Waals surface area contributed by atoms with E-state index in [0.717, 1.165) is 23.9 Å². The molecule has 0 fully saturated rings. The molecule has 2 N–H and O–H groups in total. The predicted molar refractivity (Wildman–Crippen MR) is 87.5 cm³/mol. The van der Waals surface area contributed by atoms with E-state index in [2.05, 4.69) is 43.5 Å². The van der Waals surface area contributed by atoms with Crippen LogP contribution < -0.4 is 10.6 Å². The van der Waals surface area contributed by atoms with Crippen molar-refractivity contribution in [1.82, 2.24) is 9.97 Å². The van der Waals surface area contributed by atoms with Crippen molar-refractivity contribution in [3.8, 4) is 0 Å². The number of hydrogen-bond acceptors (Lipinski definition) is 4. The molecule has 0 atom stereocenters. The highest BCUT2D eigenvalue weighted by Gasteiger charge is 2.09. The molecule has 0 saturated carbocycles. The zero-order chi connectivity index (χ0) is 15.1. The summed E-state index contributed by atoms with van der Waals surface area (Å²) in [5.41, 5.74) is 1.05. The molecule has 0 saturated heterocycles.